The number of unbranched alkanes of at least 4 members (excludes halogenated alkanes) is 34. The topological polar surface area (TPSA) is 89.6 Å². The van der Waals surface area contributed by atoms with Crippen LogP contribution in [0, 0.1) is 0 Å². The molecule has 0 aromatic rings. The van der Waals surface area contributed by atoms with E-state index in [1.54, 1.807) is 0 Å². The van der Waals surface area contributed by atoms with Gasteiger partial charge in [-0.25, -0.2) is 4.79 Å². The van der Waals surface area contributed by atoms with Crippen molar-refractivity contribution < 1.29 is 19.4 Å². The lowest BCUT2D eigenvalue weighted by atomic mass is 10.0. The molecule has 0 heterocycles. The van der Waals surface area contributed by atoms with Gasteiger partial charge in [-0.1, -0.05) is 225 Å². The number of hydrogen-bond donors (Lipinski definition) is 2. The number of hydrogen-bond acceptors (Lipinski definition) is 5. The Morgan fingerprint density at radius 2 is 0.652 bits per heavy atom. The van der Waals surface area contributed by atoms with Gasteiger partial charge in [0.05, 0.1) is 6.61 Å². The molecule has 0 amide bonds. The largest absolute Gasteiger partial charge is 0.394 e. The van der Waals surface area contributed by atoms with Gasteiger partial charge < -0.3 is 15.6 Å². The molecule has 0 rings (SSSR count). The molecule has 0 aromatic heterocycles. The molecule has 0 radical (unpaired) electrons. The molecule has 274 valence electrons. The summed E-state index contributed by atoms with van der Waals surface area (Å²) in [6.45, 7) is 1.79. The van der Waals surface area contributed by atoms with Crippen LogP contribution in [0.15, 0.2) is 0 Å². The van der Waals surface area contributed by atoms with Crippen molar-refractivity contribution in [3.8, 4) is 0 Å². The van der Waals surface area contributed by atoms with Gasteiger partial charge >= 0.3 is 11.9 Å². The maximum absolute atomic E-state index is 11.6. The average Bonchev–Trinajstić information content (AvgIpc) is 3.06. The Balaban J connectivity index is 3.12. The van der Waals surface area contributed by atoms with Gasteiger partial charge in [0, 0.05) is 6.42 Å². The SMILES string of the molecule is CCCCCCCCCCCCCCCCCCCCCCCCCCCCCCCCCCCCCC(=O)OC(=O)[C@@H](N)CO. The molecule has 46 heavy (non-hydrogen) atoms. The third kappa shape index (κ3) is 35.9. The number of carbonyl (C=O) groups excluding carboxylic acids is 2. The molecule has 0 aliphatic carbocycles. The van der Waals surface area contributed by atoms with Crippen LogP contribution in [0.3, 0.4) is 0 Å². The molecule has 5 heteroatoms. The van der Waals surface area contributed by atoms with Crippen molar-refractivity contribution in [3.05, 3.63) is 0 Å². The van der Waals surface area contributed by atoms with Crippen molar-refractivity contribution in [3.63, 3.8) is 0 Å². The first-order valence-corrected chi connectivity index (χ1v) is 20.7. The van der Waals surface area contributed by atoms with Crippen LogP contribution in [-0.2, 0) is 14.3 Å². The Hall–Kier alpha value is -0.940. The van der Waals surface area contributed by atoms with Gasteiger partial charge in [-0.15, -0.1) is 0 Å². The van der Waals surface area contributed by atoms with Gasteiger partial charge in [-0.05, 0) is 6.42 Å². The molecule has 0 bridgehead atoms. The van der Waals surface area contributed by atoms with Crippen LogP contribution in [0.4, 0.5) is 0 Å². The third-order valence-corrected chi connectivity index (χ3v) is 9.70. The number of aliphatic hydroxyl groups excluding tert-OH is 1. The van der Waals surface area contributed by atoms with Crippen LogP contribution in [-0.4, -0.2) is 29.7 Å². The highest BCUT2D eigenvalue weighted by molar-refractivity contribution is 5.88. The van der Waals surface area contributed by atoms with Crippen molar-refractivity contribution in [1.82, 2.24) is 0 Å². The molecule has 0 spiro atoms. The zero-order valence-electron chi connectivity index (χ0n) is 31.0. The van der Waals surface area contributed by atoms with E-state index in [1.165, 1.54) is 205 Å². The van der Waals surface area contributed by atoms with E-state index < -0.39 is 24.6 Å². The van der Waals surface area contributed by atoms with Crippen LogP contribution in [0.25, 0.3) is 0 Å². The van der Waals surface area contributed by atoms with Gasteiger partial charge in [0.15, 0.2) is 0 Å². The number of ether oxygens (including phenoxy) is 1. The van der Waals surface area contributed by atoms with E-state index in [2.05, 4.69) is 11.7 Å². The molecule has 0 aromatic carbocycles. The third-order valence-electron chi connectivity index (χ3n) is 9.70. The van der Waals surface area contributed by atoms with Crippen LogP contribution in [0.5, 0.6) is 0 Å². The van der Waals surface area contributed by atoms with E-state index >= 15 is 0 Å². The summed E-state index contributed by atoms with van der Waals surface area (Å²) >= 11 is 0. The highest BCUT2D eigenvalue weighted by Crippen LogP contribution is 2.17. The van der Waals surface area contributed by atoms with Crippen LogP contribution in [0.2, 0.25) is 0 Å². The summed E-state index contributed by atoms with van der Waals surface area (Å²) in [5, 5.41) is 8.79. The lowest BCUT2D eigenvalue weighted by Crippen LogP contribution is -2.36. The summed E-state index contributed by atoms with van der Waals surface area (Å²) in [5.41, 5.74) is 5.33. The second-order valence-electron chi connectivity index (χ2n) is 14.4. The van der Waals surface area contributed by atoms with E-state index in [0.717, 1.165) is 19.3 Å². The Morgan fingerprint density at radius 1 is 0.435 bits per heavy atom. The molecule has 5 nitrogen and oxygen atoms in total. The normalized spacial score (nSPS) is 12.1. The van der Waals surface area contributed by atoms with E-state index in [-0.39, 0.29) is 6.42 Å². The summed E-state index contributed by atoms with van der Waals surface area (Å²) in [6, 6.07) is -1.13. The van der Waals surface area contributed by atoms with Crippen molar-refractivity contribution in [1.29, 1.82) is 0 Å². The first-order chi connectivity index (χ1) is 22.6. The fraction of sp³-hybridized carbons (Fsp3) is 0.951. The smallest absolute Gasteiger partial charge is 0.332 e. The van der Waals surface area contributed by atoms with Gasteiger partial charge in [0.25, 0.3) is 0 Å². The minimum absolute atomic E-state index is 0.240. The molecular weight excluding hydrogens is 570 g/mol. The predicted molar refractivity (Wildman–Crippen MR) is 198 cm³/mol. The van der Waals surface area contributed by atoms with Crippen LogP contribution in [0.1, 0.15) is 238 Å². The summed E-state index contributed by atoms with van der Waals surface area (Å²) in [7, 11) is 0. The Kier molecular flexibility index (Phi) is 37.7. The van der Waals surface area contributed by atoms with Crippen molar-refractivity contribution >= 4 is 11.9 Å². The number of aliphatic hydroxyl groups is 1. The maximum Gasteiger partial charge on any atom is 0.332 e. The van der Waals surface area contributed by atoms with E-state index in [0.29, 0.717) is 0 Å². The summed E-state index contributed by atoms with van der Waals surface area (Å²) in [4.78, 5) is 22.9. The van der Waals surface area contributed by atoms with Crippen LogP contribution >= 0.6 is 0 Å². The average molecular weight is 652 g/mol. The second-order valence-corrected chi connectivity index (χ2v) is 14.4. The molecule has 0 aliphatic heterocycles. The Bertz CT molecular complexity index is 626. The van der Waals surface area contributed by atoms with Crippen molar-refractivity contribution in [2.45, 2.75) is 244 Å². The highest BCUT2D eigenvalue weighted by atomic mass is 16.6. The minimum Gasteiger partial charge on any atom is -0.394 e. The molecular formula is C41H81NO4. The molecule has 0 unspecified atom stereocenters. The lowest BCUT2D eigenvalue weighted by Gasteiger charge is -2.07. The van der Waals surface area contributed by atoms with E-state index in [9.17, 15) is 9.59 Å². The predicted octanol–water partition coefficient (Wildman–Crippen LogP) is 12.4. The van der Waals surface area contributed by atoms with Crippen molar-refractivity contribution in [2.24, 2.45) is 5.73 Å². The zero-order valence-corrected chi connectivity index (χ0v) is 31.0. The van der Waals surface area contributed by atoms with Crippen molar-refractivity contribution in [2.75, 3.05) is 6.61 Å². The summed E-state index contributed by atoms with van der Waals surface area (Å²) in [5.74, 6) is -1.39. The van der Waals surface area contributed by atoms with Crippen LogP contribution < -0.4 is 5.73 Å². The minimum atomic E-state index is -1.13. The molecule has 1 atom stereocenters. The Labute approximate surface area is 287 Å². The number of nitrogens with two attached hydrogens (primary N) is 1. The fourth-order valence-corrected chi connectivity index (χ4v) is 6.49. The summed E-state index contributed by atoms with van der Waals surface area (Å²) < 4.78 is 4.61. The van der Waals surface area contributed by atoms with E-state index in [4.69, 9.17) is 10.8 Å². The highest BCUT2D eigenvalue weighted by Gasteiger charge is 2.17. The standard InChI is InChI=1S/C41H81NO4/c1-2-3-4-5-6-7-8-9-10-11-12-13-14-15-16-17-18-19-20-21-22-23-24-25-26-27-28-29-30-31-32-33-34-35-36-37-40(44)46-41(45)39(42)38-43/h39,43H,2-38,42H2,1H3/t39-/m0/s1. The maximum atomic E-state index is 11.6. The van der Waals surface area contributed by atoms with E-state index in [1.807, 2.05) is 0 Å². The quantitative estimate of drug-likeness (QED) is 0.0394. The first kappa shape index (κ1) is 45.1. The number of esters is 2. The molecule has 3 N–H and O–H groups in total. The van der Waals surface area contributed by atoms with Gasteiger partial charge in [-0.2, -0.15) is 0 Å². The molecule has 0 fully saturated rings. The second kappa shape index (κ2) is 38.5. The van der Waals surface area contributed by atoms with Gasteiger partial charge in [-0.3, -0.25) is 4.79 Å². The molecule has 0 saturated carbocycles. The summed E-state index contributed by atoms with van der Waals surface area (Å²) in [6.07, 6.45) is 48.8. The Morgan fingerprint density at radius 3 is 0.870 bits per heavy atom. The first-order valence-electron chi connectivity index (χ1n) is 20.7. The lowest BCUT2D eigenvalue weighted by molar-refractivity contribution is -0.161. The van der Waals surface area contributed by atoms with Gasteiger partial charge in [0.1, 0.15) is 6.04 Å². The number of carbonyl (C=O) groups is 2. The fourth-order valence-electron chi connectivity index (χ4n) is 6.49. The zero-order chi connectivity index (χ0) is 33.6. The van der Waals surface area contributed by atoms with Gasteiger partial charge in [0.2, 0.25) is 0 Å². The molecule has 0 aliphatic rings. The number of rotatable bonds is 38. The monoisotopic (exact) mass is 652 g/mol. The molecule has 0 saturated heterocycles.